The Labute approximate surface area is 285 Å². The molecule has 2 atom stereocenters. The minimum Gasteiger partial charge on any atom is -0.465 e. The number of nitrogens with zero attached hydrogens (tertiary/aromatic N) is 4. The van der Waals surface area contributed by atoms with Crippen LogP contribution in [0.1, 0.15) is 61.4 Å². The summed E-state index contributed by atoms with van der Waals surface area (Å²) >= 11 is 0. The molecule has 3 N–H and O–H groups in total. The zero-order valence-corrected chi connectivity index (χ0v) is 28.3. The lowest BCUT2D eigenvalue weighted by Crippen LogP contribution is -2.54. The average molecular weight is 667 g/mol. The molecule has 1 spiro atoms. The second-order valence-electron chi connectivity index (χ2n) is 13.8. The first-order valence-electron chi connectivity index (χ1n) is 16.6. The van der Waals surface area contributed by atoms with Crippen molar-refractivity contribution in [2.24, 2.45) is 5.41 Å². The van der Waals surface area contributed by atoms with Crippen molar-refractivity contribution < 1.29 is 29.1 Å². The number of likely N-dealkylation sites (tertiary alicyclic amines) is 1. The molecular formula is C37H42N6O6. The predicted octanol–water partition coefficient (Wildman–Crippen LogP) is 4.18. The number of carbonyl (C=O) groups excluding carboxylic acids is 4. The van der Waals surface area contributed by atoms with Gasteiger partial charge < -0.3 is 30.4 Å². The third-order valence-electron chi connectivity index (χ3n) is 10.6. The number of pyridine rings is 1. The Bertz CT molecular complexity index is 1840. The van der Waals surface area contributed by atoms with E-state index in [1.807, 2.05) is 61.5 Å². The van der Waals surface area contributed by atoms with Crippen LogP contribution in [0.15, 0.2) is 60.8 Å². The summed E-state index contributed by atoms with van der Waals surface area (Å²) < 4.78 is 0. The summed E-state index contributed by atoms with van der Waals surface area (Å²) in [6.45, 7) is 6.21. The smallest absolute Gasteiger partial charge is 0.407 e. The molecule has 2 aromatic carbocycles. The number of carboxylic acid groups (broad SMARTS) is 1. The summed E-state index contributed by atoms with van der Waals surface area (Å²) in [6.07, 6.45) is 2.52. The lowest BCUT2D eigenvalue weighted by molar-refractivity contribution is -0.151. The first-order chi connectivity index (χ1) is 23.3. The Hall–Kier alpha value is -5.26. The van der Waals surface area contributed by atoms with Crippen LogP contribution in [0.5, 0.6) is 0 Å². The van der Waals surface area contributed by atoms with Gasteiger partial charge in [-0.1, -0.05) is 43.3 Å². The van der Waals surface area contributed by atoms with Crippen LogP contribution in [0, 0.1) is 5.41 Å². The van der Waals surface area contributed by atoms with Gasteiger partial charge in [0, 0.05) is 63.0 Å². The molecule has 1 saturated heterocycles. The summed E-state index contributed by atoms with van der Waals surface area (Å²) in [6, 6.07) is 15.9. The van der Waals surface area contributed by atoms with Crippen molar-refractivity contribution in [1.82, 2.24) is 19.7 Å². The van der Waals surface area contributed by atoms with E-state index in [2.05, 4.69) is 15.6 Å². The van der Waals surface area contributed by atoms with Gasteiger partial charge in [-0.2, -0.15) is 0 Å². The first kappa shape index (κ1) is 33.6. The van der Waals surface area contributed by atoms with E-state index in [-0.39, 0.29) is 36.7 Å². The molecule has 12 nitrogen and oxygen atoms in total. The zero-order chi connectivity index (χ0) is 35.1. The Morgan fingerprint density at radius 1 is 1.00 bits per heavy atom. The van der Waals surface area contributed by atoms with Gasteiger partial charge in [0.2, 0.25) is 23.6 Å². The van der Waals surface area contributed by atoms with E-state index in [9.17, 15) is 29.1 Å². The molecule has 1 fully saturated rings. The van der Waals surface area contributed by atoms with Crippen LogP contribution in [0.3, 0.4) is 0 Å². The van der Waals surface area contributed by atoms with Crippen molar-refractivity contribution in [3.05, 3.63) is 88.6 Å². The predicted molar refractivity (Wildman–Crippen MR) is 183 cm³/mol. The number of carbonyl (C=O) groups is 5. The summed E-state index contributed by atoms with van der Waals surface area (Å²) in [5, 5.41) is 15.4. The maximum absolute atomic E-state index is 14.5. The fourth-order valence-corrected chi connectivity index (χ4v) is 7.37. The number of benzene rings is 2. The SMILES string of the molecule is CC(=O)N1CCC(C)(C(=O)N(Cc2ccccc2CN(C)C(=O)O)C(C)C(=O)Nc2ccc3c(c2)C[C@@]2(C3)C(=O)Nc3ncccc32)CC1. The van der Waals surface area contributed by atoms with Crippen LogP contribution in [-0.4, -0.2) is 80.7 Å². The van der Waals surface area contributed by atoms with Crippen LogP contribution in [0.2, 0.25) is 0 Å². The van der Waals surface area contributed by atoms with Crippen molar-refractivity contribution in [2.75, 3.05) is 30.8 Å². The van der Waals surface area contributed by atoms with Crippen molar-refractivity contribution in [3.63, 3.8) is 0 Å². The number of hydrogen-bond donors (Lipinski definition) is 3. The fourth-order valence-electron chi connectivity index (χ4n) is 7.37. The summed E-state index contributed by atoms with van der Waals surface area (Å²) in [7, 11) is 1.48. The quantitative estimate of drug-likeness (QED) is 0.326. The molecule has 256 valence electrons. The minimum atomic E-state index is -1.07. The zero-order valence-electron chi connectivity index (χ0n) is 28.3. The van der Waals surface area contributed by atoms with E-state index in [1.165, 1.54) is 18.9 Å². The maximum Gasteiger partial charge on any atom is 0.407 e. The van der Waals surface area contributed by atoms with Crippen molar-refractivity contribution in [2.45, 2.75) is 71.0 Å². The summed E-state index contributed by atoms with van der Waals surface area (Å²) in [4.78, 5) is 74.1. The average Bonchev–Trinajstić information content (AvgIpc) is 3.60. The highest BCUT2D eigenvalue weighted by molar-refractivity contribution is 6.06. The third kappa shape index (κ3) is 6.34. The summed E-state index contributed by atoms with van der Waals surface area (Å²) in [5.41, 5.74) is 3.36. The van der Waals surface area contributed by atoms with Gasteiger partial charge in [0.05, 0.1) is 5.41 Å². The lowest BCUT2D eigenvalue weighted by Gasteiger charge is -2.42. The summed E-state index contributed by atoms with van der Waals surface area (Å²) in [5.74, 6) is -0.105. The largest absolute Gasteiger partial charge is 0.465 e. The molecule has 1 aliphatic carbocycles. The fraction of sp³-hybridized carbons (Fsp3) is 0.405. The third-order valence-corrected chi connectivity index (χ3v) is 10.6. The molecule has 3 heterocycles. The van der Waals surface area contributed by atoms with E-state index in [1.54, 1.807) is 22.9 Å². The van der Waals surface area contributed by atoms with Crippen molar-refractivity contribution in [3.8, 4) is 0 Å². The van der Waals surface area contributed by atoms with Gasteiger partial charge in [0.15, 0.2) is 0 Å². The lowest BCUT2D eigenvalue weighted by atomic mass is 9.78. The topological polar surface area (TPSA) is 152 Å². The van der Waals surface area contributed by atoms with Gasteiger partial charge in [-0.05, 0) is 73.1 Å². The number of hydrogen-bond acceptors (Lipinski definition) is 6. The first-order valence-corrected chi connectivity index (χ1v) is 16.6. The molecule has 0 bridgehead atoms. The van der Waals surface area contributed by atoms with Crippen LogP contribution >= 0.6 is 0 Å². The second-order valence-corrected chi connectivity index (χ2v) is 13.8. The standard InChI is InChI=1S/C37H42N6O6/c1-23(32(45)39-29-12-11-25-19-37(20-28(25)18-29)30-10-7-15-38-31(30)40-33(37)46)43(34(47)36(3)13-16-42(17-14-36)24(2)44)22-27-9-6-5-8-26(27)21-41(4)35(48)49/h5-12,15,18,23H,13-14,16-17,19-22H2,1-4H3,(H,39,45)(H,48,49)(H,38,40,46)/t23?,37-/m1/s1. The van der Waals surface area contributed by atoms with Crippen LogP contribution < -0.4 is 10.6 Å². The Balaban J connectivity index is 1.25. The van der Waals surface area contributed by atoms with Crippen LogP contribution in [0.25, 0.3) is 0 Å². The van der Waals surface area contributed by atoms with Gasteiger partial charge in [0.25, 0.3) is 0 Å². The van der Waals surface area contributed by atoms with Gasteiger partial charge in [-0.15, -0.1) is 0 Å². The van der Waals surface area contributed by atoms with E-state index in [0.717, 1.165) is 27.8 Å². The van der Waals surface area contributed by atoms with Crippen molar-refractivity contribution in [1.29, 1.82) is 0 Å². The van der Waals surface area contributed by atoms with Crippen LogP contribution in [-0.2, 0) is 50.5 Å². The molecule has 0 radical (unpaired) electrons. The van der Waals surface area contributed by atoms with E-state index in [4.69, 9.17) is 0 Å². The van der Waals surface area contributed by atoms with E-state index < -0.39 is 23.0 Å². The molecular weight excluding hydrogens is 624 g/mol. The highest BCUT2D eigenvalue weighted by Gasteiger charge is 2.51. The monoisotopic (exact) mass is 666 g/mol. The molecule has 2 aliphatic heterocycles. The maximum atomic E-state index is 14.5. The molecule has 3 aromatic rings. The molecule has 12 heteroatoms. The molecule has 1 aromatic heterocycles. The minimum absolute atomic E-state index is 0.0368. The number of rotatable bonds is 8. The number of nitrogens with one attached hydrogen (secondary N) is 2. The highest BCUT2D eigenvalue weighted by atomic mass is 16.4. The van der Waals surface area contributed by atoms with Gasteiger partial charge in [-0.25, -0.2) is 9.78 Å². The molecule has 3 aliphatic rings. The highest BCUT2D eigenvalue weighted by Crippen LogP contribution is 2.47. The molecule has 1 unspecified atom stereocenters. The Morgan fingerprint density at radius 2 is 1.67 bits per heavy atom. The number of fused-ring (bicyclic) bond motifs is 3. The van der Waals surface area contributed by atoms with Gasteiger partial charge in [0.1, 0.15) is 11.9 Å². The van der Waals surface area contributed by atoms with E-state index in [0.29, 0.717) is 50.3 Å². The molecule has 6 rings (SSSR count). The Kier molecular flexibility index (Phi) is 8.91. The second kappa shape index (κ2) is 13.0. The van der Waals surface area contributed by atoms with Gasteiger partial charge >= 0.3 is 6.09 Å². The number of anilines is 2. The Morgan fingerprint density at radius 3 is 2.35 bits per heavy atom. The number of piperidine rings is 1. The number of amides is 5. The molecule has 0 saturated carbocycles. The van der Waals surface area contributed by atoms with Crippen molar-refractivity contribution >= 4 is 41.2 Å². The van der Waals surface area contributed by atoms with Crippen LogP contribution in [0.4, 0.5) is 16.3 Å². The van der Waals surface area contributed by atoms with E-state index >= 15 is 0 Å². The molecule has 49 heavy (non-hydrogen) atoms. The van der Waals surface area contributed by atoms with Gasteiger partial charge in [-0.3, -0.25) is 19.2 Å². The molecule has 5 amide bonds. The normalized spacial score (nSPS) is 19.4. The number of aromatic nitrogens is 1.